The third-order valence-corrected chi connectivity index (χ3v) is 4.33. The molecule has 0 aliphatic heterocycles. The molecule has 0 radical (unpaired) electrons. The SMILES string of the molecule is CCC1CCC(NCc2cccc(C)c2O)CC1. The molecule has 1 fully saturated rings. The maximum atomic E-state index is 9.97. The van der Waals surface area contributed by atoms with E-state index in [9.17, 15) is 5.11 Å². The lowest BCUT2D eigenvalue weighted by Gasteiger charge is -2.28. The first-order valence-corrected chi connectivity index (χ1v) is 7.21. The quantitative estimate of drug-likeness (QED) is 0.849. The fraction of sp³-hybridized carbons (Fsp3) is 0.625. The molecule has 0 bridgehead atoms. The van der Waals surface area contributed by atoms with Crippen molar-refractivity contribution in [3.05, 3.63) is 29.3 Å². The molecule has 0 spiro atoms. The van der Waals surface area contributed by atoms with Crippen molar-refractivity contribution in [3.8, 4) is 5.75 Å². The summed E-state index contributed by atoms with van der Waals surface area (Å²) in [7, 11) is 0. The predicted octanol–water partition coefficient (Wildman–Crippen LogP) is 3.76. The van der Waals surface area contributed by atoms with Gasteiger partial charge in [0.15, 0.2) is 0 Å². The highest BCUT2D eigenvalue weighted by Gasteiger charge is 2.19. The minimum absolute atomic E-state index is 0.451. The van der Waals surface area contributed by atoms with E-state index in [4.69, 9.17) is 0 Å². The van der Waals surface area contributed by atoms with Crippen LogP contribution >= 0.6 is 0 Å². The van der Waals surface area contributed by atoms with Crippen LogP contribution in [0.1, 0.15) is 50.2 Å². The molecule has 0 heterocycles. The molecule has 0 aromatic heterocycles. The van der Waals surface area contributed by atoms with Crippen LogP contribution < -0.4 is 5.32 Å². The molecule has 0 saturated heterocycles. The Balaban J connectivity index is 1.83. The van der Waals surface area contributed by atoms with Gasteiger partial charge in [0.1, 0.15) is 5.75 Å². The second-order valence-electron chi connectivity index (χ2n) is 5.59. The summed E-state index contributed by atoms with van der Waals surface area (Å²) >= 11 is 0. The third kappa shape index (κ3) is 3.26. The monoisotopic (exact) mass is 247 g/mol. The van der Waals surface area contributed by atoms with E-state index < -0.39 is 0 Å². The van der Waals surface area contributed by atoms with Gasteiger partial charge < -0.3 is 10.4 Å². The molecule has 2 N–H and O–H groups in total. The lowest BCUT2D eigenvalue weighted by Crippen LogP contribution is -2.32. The first-order chi connectivity index (χ1) is 8.70. The topological polar surface area (TPSA) is 32.3 Å². The Hall–Kier alpha value is -1.02. The largest absolute Gasteiger partial charge is 0.507 e. The molecular weight excluding hydrogens is 222 g/mol. The molecular formula is C16H25NO. The molecule has 0 unspecified atom stereocenters. The number of nitrogens with one attached hydrogen (secondary N) is 1. The lowest BCUT2D eigenvalue weighted by atomic mass is 9.84. The summed E-state index contributed by atoms with van der Waals surface area (Å²) in [6.07, 6.45) is 6.60. The molecule has 1 aromatic carbocycles. The van der Waals surface area contributed by atoms with E-state index in [1.165, 1.54) is 32.1 Å². The number of phenolic OH excluding ortho intramolecular Hbond substituents is 1. The van der Waals surface area contributed by atoms with E-state index in [1.54, 1.807) is 0 Å². The van der Waals surface area contributed by atoms with Crippen LogP contribution in [0.3, 0.4) is 0 Å². The van der Waals surface area contributed by atoms with Gasteiger partial charge in [-0.2, -0.15) is 0 Å². The van der Waals surface area contributed by atoms with Crippen molar-refractivity contribution in [2.45, 2.75) is 58.5 Å². The number of aromatic hydroxyl groups is 1. The second-order valence-corrected chi connectivity index (χ2v) is 5.59. The van der Waals surface area contributed by atoms with Crippen molar-refractivity contribution in [1.82, 2.24) is 5.32 Å². The van der Waals surface area contributed by atoms with Crippen molar-refractivity contribution >= 4 is 0 Å². The first kappa shape index (κ1) is 13.4. The van der Waals surface area contributed by atoms with Crippen LogP contribution in [0.5, 0.6) is 5.75 Å². The summed E-state index contributed by atoms with van der Waals surface area (Å²) in [6, 6.07) is 6.60. The Bertz CT molecular complexity index is 381. The van der Waals surface area contributed by atoms with E-state index >= 15 is 0 Å². The lowest BCUT2D eigenvalue weighted by molar-refractivity contribution is 0.284. The summed E-state index contributed by atoms with van der Waals surface area (Å²) < 4.78 is 0. The smallest absolute Gasteiger partial charge is 0.122 e. The van der Waals surface area contributed by atoms with E-state index in [1.807, 2.05) is 25.1 Å². The van der Waals surface area contributed by atoms with Crippen LogP contribution in [0.15, 0.2) is 18.2 Å². The number of phenols is 1. The summed E-state index contributed by atoms with van der Waals surface area (Å²) in [5, 5.41) is 13.6. The van der Waals surface area contributed by atoms with Crippen molar-refractivity contribution < 1.29 is 5.11 Å². The van der Waals surface area contributed by atoms with E-state index in [0.29, 0.717) is 11.8 Å². The second kappa shape index (κ2) is 6.24. The minimum atomic E-state index is 0.451. The van der Waals surface area contributed by atoms with Gasteiger partial charge in [-0.3, -0.25) is 0 Å². The van der Waals surface area contributed by atoms with Crippen molar-refractivity contribution in [3.63, 3.8) is 0 Å². The third-order valence-electron chi connectivity index (χ3n) is 4.33. The summed E-state index contributed by atoms with van der Waals surface area (Å²) in [5.41, 5.74) is 1.98. The molecule has 2 heteroatoms. The number of hydrogen-bond donors (Lipinski definition) is 2. The van der Waals surface area contributed by atoms with Crippen LogP contribution in [-0.4, -0.2) is 11.1 Å². The molecule has 1 aliphatic carbocycles. The van der Waals surface area contributed by atoms with Crippen LogP contribution in [0.4, 0.5) is 0 Å². The van der Waals surface area contributed by atoms with Gasteiger partial charge in [0.2, 0.25) is 0 Å². The Labute approximate surface area is 110 Å². The van der Waals surface area contributed by atoms with Crippen molar-refractivity contribution in [1.29, 1.82) is 0 Å². The molecule has 0 atom stereocenters. The summed E-state index contributed by atoms with van der Waals surface area (Å²) in [6.45, 7) is 5.03. The fourth-order valence-corrected chi connectivity index (χ4v) is 2.89. The average Bonchev–Trinajstić information content (AvgIpc) is 2.41. The van der Waals surface area contributed by atoms with Gasteiger partial charge >= 0.3 is 0 Å². The highest BCUT2D eigenvalue weighted by molar-refractivity contribution is 5.39. The Morgan fingerprint density at radius 3 is 2.61 bits per heavy atom. The Kier molecular flexibility index (Phi) is 4.65. The number of aryl methyl sites for hydroxylation is 1. The fourth-order valence-electron chi connectivity index (χ4n) is 2.89. The van der Waals surface area contributed by atoms with Crippen LogP contribution in [0.2, 0.25) is 0 Å². The molecule has 2 nitrogen and oxygen atoms in total. The zero-order chi connectivity index (χ0) is 13.0. The van der Waals surface area contributed by atoms with Gasteiger partial charge in [-0.15, -0.1) is 0 Å². The normalized spacial score (nSPS) is 24.1. The Morgan fingerprint density at radius 1 is 1.22 bits per heavy atom. The minimum Gasteiger partial charge on any atom is -0.507 e. The number of benzene rings is 1. The molecule has 0 amide bonds. The van der Waals surface area contributed by atoms with Gasteiger partial charge in [-0.25, -0.2) is 0 Å². The van der Waals surface area contributed by atoms with Crippen molar-refractivity contribution in [2.75, 3.05) is 0 Å². The summed E-state index contributed by atoms with van der Waals surface area (Å²) in [5.74, 6) is 1.39. The molecule has 1 aromatic rings. The number of hydrogen-bond acceptors (Lipinski definition) is 2. The first-order valence-electron chi connectivity index (χ1n) is 7.21. The van der Waals surface area contributed by atoms with E-state index in [2.05, 4.69) is 12.2 Å². The van der Waals surface area contributed by atoms with Gasteiger partial charge in [0, 0.05) is 18.2 Å². The molecule has 2 rings (SSSR count). The summed E-state index contributed by atoms with van der Waals surface area (Å²) in [4.78, 5) is 0. The zero-order valence-corrected chi connectivity index (χ0v) is 11.6. The standard InChI is InChI=1S/C16H25NO/c1-3-13-7-9-15(10-8-13)17-11-14-6-4-5-12(2)16(14)18/h4-6,13,15,17-18H,3,7-11H2,1-2H3. The van der Waals surface area contributed by atoms with E-state index in [-0.39, 0.29) is 0 Å². The average molecular weight is 247 g/mol. The molecule has 1 saturated carbocycles. The highest BCUT2D eigenvalue weighted by atomic mass is 16.3. The zero-order valence-electron chi connectivity index (χ0n) is 11.6. The van der Waals surface area contributed by atoms with Gasteiger partial charge in [0.25, 0.3) is 0 Å². The number of para-hydroxylation sites is 1. The van der Waals surface area contributed by atoms with Crippen LogP contribution in [0, 0.1) is 12.8 Å². The maximum Gasteiger partial charge on any atom is 0.122 e. The molecule has 1 aliphatic rings. The van der Waals surface area contributed by atoms with Crippen molar-refractivity contribution in [2.24, 2.45) is 5.92 Å². The molecule has 100 valence electrons. The van der Waals surface area contributed by atoms with E-state index in [0.717, 1.165) is 23.6 Å². The number of rotatable bonds is 4. The van der Waals surface area contributed by atoms with Crippen LogP contribution in [-0.2, 0) is 6.54 Å². The highest BCUT2D eigenvalue weighted by Crippen LogP contribution is 2.27. The Morgan fingerprint density at radius 2 is 1.94 bits per heavy atom. The van der Waals surface area contributed by atoms with Gasteiger partial charge in [-0.05, 0) is 44.1 Å². The molecule has 18 heavy (non-hydrogen) atoms. The van der Waals surface area contributed by atoms with Gasteiger partial charge in [-0.1, -0.05) is 31.5 Å². The maximum absolute atomic E-state index is 9.97. The van der Waals surface area contributed by atoms with Crippen LogP contribution in [0.25, 0.3) is 0 Å². The van der Waals surface area contributed by atoms with Gasteiger partial charge in [0.05, 0.1) is 0 Å². The predicted molar refractivity (Wildman–Crippen MR) is 75.7 cm³/mol.